The molecule has 3 heterocycles. The molecule has 0 spiro atoms. The number of quaternary nitrogens is 1. The van der Waals surface area contributed by atoms with Crippen molar-refractivity contribution in [2.45, 2.75) is 13.0 Å². The third-order valence-electron chi connectivity index (χ3n) is 4.86. The maximum atomic E-state index is 10.9. The van der Waals surface area contributed by atoms with Gasteiger partial charge in [-0.15, -0.1) is 5.10 Å². The van der Waals surface area contributed by atoms with Crippen LogP contribution in [0.3, 0.4) is 0 Å². The fraction of sp³-hybridized carbons (Fsp3) is 0.444. The van der Waals surface area contributed by atoms with Crippen LogP contribution in [0, 0.1) is 6.92 Å². The molecule has 8 nitrogen and oxygen atoms in total. The second kappa shape index (κ2) is 7.34. The number of hydrogen-bond acceptors (Lipinski definition) is 7. The lowest BCUT2D eigenvalue weighted by atomic mass is 10.0. The highest BCUT2D eigenvalue weighted by molar-refractivity contribution is 7.17. The van der Waals surface area contributed by atoms with Gasteiger partial charge in [-0.05, 0) is 25.1 Å². The van der Waals surface area contributed by atoms with Crippen LogP contribution in [-0.2, 0) is 4.74 Å². The molecule has 0 saturated carbocycles. The number of thiazole rings is 1. The van der Waals surface area contributed by atoms with Crippen molar-refractivity contribution in [3.63, 3.8) is 0 Å². The molecule has 9 heteroatoms. The van der Waals surface area contributed by atoms with Gasteiger partial charge in [0.25, 0.3) is 0 Å². The summed E-state index contributed by atoms with van der Waals surface area (Å²) in [6.45, 7) is 4.83. The topological polar surface area (TPSA) is 82.6 Å². The zero-order valence-electron chi connectivity index (χ0n) is 15.6. The molecule has 3 aromatic rings. The first kappa shape index (κ1) is 18.0. The molecule has 0 unspecified atom stereocenters. The van der Waals surface area contributed by atoms with Crippen molar-refractivity contribution in [3.05, 3.63) is 34.5 Å². The lowest BCUT2D eigenvalue weighted by molar-refractivity contribution is -0.932. The molecule has 1 aliphatic heterocycles. The number of aryl methyl sites for hydroxylation is 1. The van der Waals surface area contributed by atoms with Crippen LogP contribution in [0.4, 0.5) is 0 Å². The number of methoxy groups -OCH3 is 2. The first-order valence-electron chi connectivity index (χ1n) is 8.81. The number of hydrogen-bond donors (Lipinski definition) is 2. The molecular formula is C18H23N4O4S+. The smallest absolute Gasteiger partial charge is 0.235 e. The van der Waals surface area contributed by atoms with Crippen LogP contribution < -0.4 is 14.4 Å². The standard InChI is InChI=1S/C18H22N4O4S/c1-11-19-18-22(20-11)17(23)16(27-18)15(21-6-8-26-9-7-21)13-10-12(24-2)4-5-14(13)25-3/h4-5,10,15,23H,6-9H2,1-3H3/p+1/t15-/m1/s1. The number of morpholine rings is 1. The molecule has 0 aliphatic carbocycles. The van der Waals surface area contributed by atoms with E-state index in [1.54, 1.807) is 14.2 Å². The zero-order valence-corrected chi connectivity index (χ0v) is 16.4. The number of fused-ring (bicyclic) bond motifs is 1. The second-order valence-corrected chi connectivity index (χ2v) is 7.46. The molecule has 144 valence electrons. The summed E-state index contributed by atoms with van der Waals surface area (Å²) in [5, 5.41) is 15.2. The van der Waals surface area contributed by atoms with E-state index in [4.69, 9.17) is 14.2 Å². The van der Waals surface area contributed by atoms with Crippen LogP contribution in [0.2, 0.25) is 0 Å². The normalized spacial score (nSPS) is 16.6. The van der Waals surface area contributed by atoms with Gasteiger partial charge >= 0.3 is 0 Å². The average Bonchev–Trinajstić information content (AvgIpc) is 3.20. The van der Waals surface area contributed by atoms with E-state index in [9.17, 15) is 5.11 Å². The second-order valence-electron chi connectivity index (χ2n) is 6.45. The Morgan fingerprint density at radius 3 is 2.70 bits per heavy atom. The van der Waals surface area contributed by atoms with Crippen molar-refractivity contribution in [1.29, 1.82) is 0 Å². The first-order chi connectivity index (χ1) is 13.1. The summed E-state index contributed by atoms with van der Waals surface area (Å²) in [6.07, 6.45) is 0. The van der Waals surface area contributed by atoms with E-state index in [0.29, 0.717) is 24.0 Å². The van der Waals surface area contributed by atoms with Crippen molar-refractivity contribution >= 4 is 16.3 Å². The molecule has 27 heavy (non-hydrogen) atoms. The highest BCUT2D eigenvalue weighted by Gasteiger charge is 2.36. The first-order valence-corrected chi connectivity index (χ1v) is 9.63. The summed E-state index contributed by atoms with van der Waals surface area (Å²) < 4.78 is 18.1. The SMILES string of the molecule is COc1ccc(OC)c([C@H](c2sc3nc(C)nn3c2O)[NH+]2CCOCC2)c1. The van der Waals surface area contributed by atoms with Gasteiger partial charge in [-0.3, -0.25) is 0 Å². The molecule has 1 fully saturated rings. The molecule has 1 aliphatic rings. The lowest BCUT2D eigenvalue weighted by Crippen LogP contribution is -3.14. The maximum absolute atomic E-state index is 10.9. The summed E-state index contributed by atoms with van der Waals surface area (Å²) in [7, 11) is 3.30. The van der Waals surface area contributed by atoms with E-state index in [0.717, 1.165) is 35.0 Å². The van der Waals surface area contributed by atoms with E-state index < -0.39 is 0 Å². The van der Waals surface area contributed by atoms with Crippen LogP contribution in [0.15, 0.2) is 18.2 Å². The minimum Gasteiger partial charge on any atom is -0.497 e. The Morgan fingerprint density at radius 2 is 2.04 bits per heavy atom. The molecule has 0 amide bonds. The molecule has 1 saturated heterocycles. The van der Waals surface area contributed by atoms with Crippen molar-refractivity contribution in [2.75, 3.05) is 40.5 Å². The number of aromatic hydroxyl groups is 1. The average molecular weight is 391 g/mol. The number of nitrogens with one attached hydrogen (secondary N) is 1. The highest BCUT2D eigenvalue weighted by atomic mass is 32.1. The van der Waals surface area contributed by atoms with Gasteiger partial charge in [0.15, 0.2) is 6.04 Å². The molecule has 2 aromatic heterocycles. The van der Waals surface area contributed by atoms with Gasteiger partial charge in [-0.25, -0.2) is 4.98 Å². The van der Waals surface area contributed by atoms with E-state index in [1.165, 1.54) is 20.8 Å². The fourth-order valence-electron chi connectivity index (χ4n) is 3.57. The Morgan fingerprint density at radius 1 is 1.26 bits per heavy atom. The van der Waals surface area contributed by atoms with Crippen LogP contribution >= 0.6 is 11.3 Å². The molecule has 1 atom stereocenters. The van der Waals surface area contributed by atoms with Gasteiger partial charge in [0.1, 0.15) is 35.3 Å². The molecular weight excluding hydrogens is 368 g/mol. The van der Waals surface area contributed by atoms with Crippen LogP contribution in [0.1, 0.15) is 22.3 Å². The third-order valence-corrected chi connectivity index (χ3v) is 5.94. The molecule has 1 aromatic carbocycles. The van der Waals surface area contributed by atoms with Gasteiger partial charge < -0.3 is 24.2 Å². The maximum Gasteiger partial charge on any atom is 0.235 e. The predicted molar refractivity (Wildman–Crippen MR) is 100 cm³/mol. The number of rotatable bonds is 5. The van der Waals surface area contributed by atoms with E-state index in [2.05, 4.69) is 10.1 Å². The zero-order chi connectivity index (χ0) is 19.0. The van der Waals surface area contributed by atoms with Gasteiger partial charge in [0.05, 0.1) is 33.0 Å². The quantitative estimate of drug-likeness (QED) is 0.670. The van der Waals surface area contributed by atoms with E-state index in [-0.39, 0.29) is 11.9 Å². The minimum atomic E-state index is -0.132. The fourth-order valence-corrected chi connectivity index (χ4v) is 4.75. The largest absolute Gasteiger partial charge is 0.497 e. The Bertz CT molecular complexity index is 948. The Kier molecular flexibility index (Phi) is 4.90. The van der Waals surface area contributed by atoms with E-state index in [1.807, 2.05) is 25.1 Å². The summed E-state index contributed by atoms with van der Waals surface area (Å²) in [4.78, 5) is 7.20. The lowest BCUT2D eigenvalue weighted by Gasteiger charge is -2.31. The van der Waals surface area contributed by atoms with Crippen molar-refractivity contribution in [2.24, 2.45) is 0 Å². The Balaban J connectivity index is 1.89. The van der Waals surface area contributed by atoms with Gasteiger partial charge in [0, 0.05) is 0 Å². The summed E-state index contributed by atoms with van der Waals surface area (Å²) in [5.74, 6) is 2.27. The number of benzene rings is 1. The van der Waals surface area contributed by atoms with Gasteiger partial charge in [-0.1, -0.05) is 11.3 Å². The third kappa shape index (κ3) is 3.22. The number of ether oxygens (including phenoxy) is 3. The Labute approximate surface area is 160 Å². The molecule has 0 radical (unpaired) electrons. The molecule has 4 rings (SSSR count). The van der Waals surface area contributed by atoms with Gasteiger partial charge in [-0.2, -0.15) is 4.52 Å². The van der Waals surface area contributed by atoms with Gasteiger partial charge in [0.2, 0.25) is 10.8 Å². The van der Waals surface area contributed by atoms with Crippen molar-refractivity contribution < 1.29 is 24.2 Å². The van der Waals surface area contributed by atoms with E-state index >= 15 is 0 Å². The van der Waals surface area contributed by atoms with Crippen LogP contribution in [0.5, 0.6) is 17.4 Å². The molecule has 0 bridgehead atoms. The Hall–Kier alpha value is -2.36. The summed E-state index contributed by atoms with van der Waals surface area (Å²) >= 11 is 1.46. The predicted octanol–water partition coefficient (Wildman–Crippen LogP) is 0.827. The van der Waals surface area contributed by atoms with Crippen LogP contribution in [-0.4, -0.2) is 60.2 Å². The number of nitrogens with zero attached hydrogens (tertiary/aromatic N) is 3. The monoisotopic (exact) mass is 391 g/mol. The number of aromatic nitrogens is 3. The van der Waals surface area contributed by atoms with Crippen LogP contribution in [0.25, 0.3) is 4.96 Å². The van der Waals surface area contributed by atoms with Crippen molar-refractivity contribution in [1.82, 2.24) is 14.6 Å². The summed E-state index contributed by atoms with van der Waals surface area (Å²) in [6, 6.07) is 5.62. The summed E-state index contributed by atoms with van der Waals surface area (Å²) in [5.41, 5.74) is 0.963. The highest BCUT2D eigenvalue weighted by Crippen LogP contribution is 2.39. The van der Waals surface area contributed by atoms with Crippen molar-refractivity contribution in [3.8, 4) is 17.4 Å². The molecule has 2 N–H and O–H groups in total. The minimum absolute atomic E-state index is 0.129.